The van der Waals surface area contributed by atoms with Crippen LogP contribution in [0, 0.1) is 0 Å². The van der Waals surface area contributed by atoms with E-state index in [1.807, 2.05) is 0 Å². The van der Waals surface area contributed by atoms with Crippen LogP contribution in [0.15, 0.2) is 9.98 Å². The van der Waals surface area contributed by atoms with Gasteiger partial charge in [0.05, 0.1) is 9.98 Å². The van der Waals surface area contributed by atoms with Gasteiger partial charge in [0.25, 0.3) is 0 Å². The van der Waals surface area contributed by atoms with E-state index >= 15 is 0 Å². The van der Waals surface area contributed by atoms with Gasteiger partial charge in [0, 0.05) is 0 Å². The number of carbonyl (C=O) groups is 2. The molecule has 2 N–H and O–H groups in total. The lowest BCUT2D eigenvalue weighted by Gasteiger charge is -2.04. The van der Waals surface area contributed by atoms with Crippen LogP contribution in [-0.2, 0) is 4.79 Å². The molecule has 82 valence electrons. The predicted molar refractivity (Wildman–Crippen MR) is 62.3 cm³/mol. The number of hydrogen-bond donors (Lipinski definition) is 2. The normalized spacial score (nSPS) is 11.9. The second-order valence-electron chi connectivity index (χ2n) is 2.53. The average molecular weight is 313 g/mol. The molecule has 1 unspecified atom stereocenters. The van der Waals surface area contributed by atoms with Crippen molar-refractivity contribution in [2.24, 2.45) is 0 Å². The van der Waals surface area contributed by atoms with Crippen LogP contribution in [-0.4, -0.2) is 22.3 Å². The van der Waals surface area contributed by atoms with Crippen molar-refractivity contribution in [3.8, 4) is 0 Å². The maximum atomic E-state index is 11.2. The molecule has 15 heavy (non-hydrogen) atoms. The number of rotatable bonds is 2. The fourth-order valence-corrected chi connectivity index (χ4v) is 1.81. The van der Waals surface area contributed by atoms with Gasteiger partial charge in [-0.2, -0.15) is 0 Å². The van der Waals surface area contributed by atoms with Crippen LogP contribution in [0.1, 0.15) is 6.92 Å². The maximum absolute atomic E-state index is 11.2. The van der Waals surface area contributed by atoms with Crippen molar-refractivity contribution in [3.63, 3.8) is 0 Å². The Morgan fingerprint density at radius 1 is 1.67 bits per heavy atom. The van der Waals surface area contributed by atoms with Crippen LogP contribution in [0.25, 0.3) is 0 Å². The van der Waals surface area contributed by atoms with Crippen LogP contribution in [0.2, 0.25) is 0 Å². The third-order valence-electron chi connectivity index (χ3n) is 1.30. The second-order valence-corrected chi connectivity index (χ2v) is 5.59. The molecule has 0 fully saturated rings. The van der Waals surface area contributed by atoms with E-state index in [1.165, 1.54) is 18.3 Å². The molecule has 5 nitrogen and oxygen atoms in total. The molecule has 0 spiro atoms. The largest absolute Gasteiger partial charge is 0.327 e. The highest BCUT2D eigenvalue weighted by Gasteiger charge is 2.13. The monoisotopic (exact) mass is 311 g/mol. The zero-order chi connectivity index (χ0) is 11.4. The Bertz CT molecular complexity index is 382. The van der Waals surface area contributed by atoms with E-state index in [0.29, 0.717) is 5.13 Å². The van der Waals surface area contributed by atoms with Crippen LogP contribution in [0.5, 0.6) is 0 Å². The molecule has 0 aliphatic heterocycles. The number of urea groups is 1. The molecule has 0 aliphatic carbocycles. The van der Waals surface area contributed by atoms with Gasteiger partial charge in [0.15, 0.2) is 5.13 Å². The van der Waals surface area contributed by atoms with Crippen molar-refractivity contribution in [1.29, 1.82) is 0 Å². The predicted octanol–water partition coefficient (Wildman–Crippen LogP) is 2.18. The van der Waals surface area contributed by atoms with Gasteiger partial charge >= 0.3 is 6.03 Å². The van der Waals surface area contributed by atoms with Gasteiger partial charge in [0.2, 0.25) is 5.91 Å². The number of amides is 3. The number of nitrogens with one attached hydrogen (secondary N) is 2. The number of hydrogen-bond acceptors (Lipinski definition) is 4. The number of thiazole rings is 1. The van der Waals surface area contributed by atoms with Crippen molar-refractivity contribution in [2.45, 2.75) is 12.3 Å². The maximum Gasteiger partial charge on any atom is 0.327 e. The standard InChI is InChI=1S/C7H7BrClN3O2S/c1-3(9)5(13)11-6(14)12-7-10-2-4(8)15-7/h2-3H,1H3,(H2,10,11,12,13,14). The fraction of sp³-hybridized carbons (Fsp3) is 0.286. The van der Waals surface area contributed by atoms with E-state index in [4.69, 9.17) is 11.6 Å². The van der Waals surface area contributed by atoms with E-state index in [0.717, 1.165) is 3.79 Å². The minimum atomic E-state index is -0.751. The van der Waals surface area contributed by atoms with Gasteiger partial charge < -0.3 is 0 Å². The highest BCUT2D eigenvalue weighted by molar-refractivity contribution is 9.11. The molecule has 1 atom stereocenters. The lowest BCUT2D eigenvalue weighted by atomic mass is 10.4. The summed E-state index contributed by atoms with van der Waals surface area (Å²) in [6, 6.07) is -0.644. The first kappa shape index (κ1) is 12.4. The van der Waals surface area contributed by atoms with Crippen LogP contribution >= 0.6 is 38.9 Å². The van der Waals surface area contributed by atoms with Crippen LogP contribution in [0.4, 0.5) is 9.93 Å². The van der Waals surface area contributed by atoms with Crippen molar-refractivity contribution >= 4 is 55.9 Å². The van der Waals surface area contributed by atoms with Crippen LogP contribution in [0.3, 0.4) is 0 Å². The zero-order valence-electron chi connectivity index (χ0n) is 7.58. The lowest BCUT2D eigenvalue weighted by molar-refractivity contribution is -0.119. The average Bonchev–Trinajstić information content (AvgIpc) is 2.50. The minimum absolute atomic E-state index is 0.398. The van der Waals surface area contributed by atoms with Crippen molar-refractivity contribution in [2.75, 3.05) is 5.32 Å². The SMILES string of the molecule is CC(Cl)C(=O)NC(=O)Nc1ncc(Br)s1. The van der Waals surface area contributed by atoms with E-state index in [-0.39, 0.29) is 0 Å². The summed E-state index contributed by atoms with van der Waals surface area (Å²) in [4.78, 5) is 26.1. The summed E-state index contributed by atoms with van der Waals surface area (Å²) < 4.78 is 0.787. The number of carbonyl (C=O) groups excluding carboxylic acids is 2. The molecule has 0 bridgehead atoms. The lowest BCUT2D eigenvalue weighted by Crippen LogP contribution is -2.38. The molecule has 0 saturated heterocycles. The first-order valence-corrected chi connectivity index (χ1v) is 5.91. The molecule has 1 rings (SSSR count). The molecule has 0 radical (unpaired) electrons. The van der Waals surface area contributed by atoms with Gasteiger partial charge in [-0.25, -0.2) is 9.78 Å². The molecule has 3 amide bonds. The van der Waals surface area contributed by atoms with E-state index in [1.54, 1.807) is 6.20 Å². The molecule has 8 heteroatoms. The molecular weight excluding hydrogens is 306 g/mol. The summed E-state index contributed by atoms with van der Waals surface area (Å²) in [6.45, 7) is 1.48. The number of alkyl halides is 1. The number of anilines is 1. The summed E-state index contributed by atoms with van der Waals surface area (Å²) >= 11 is 9.90. The Kier molecular flexibility index (Phi) is 4.49. The van der Waals surface area contributed by atoms with E-state index in [2.05, 4.69) is 31.5 Å². The van der Waals surface area contributed by atoms with Crippen molar-refractivity contribution < 1.29 is 9.59 Å². The Hall–Kier alpha value is -0.660. The Labute approximate surface area is 103 Å². The first-order chi connectivity index (χ1) is 6.99. The third-order valence-corrected chi connectivity index (χ3v) is 2.89. The Balaban J connectivity index is 2.46. The molecule has 1 heterocycles. The van der Waals surface area contributed by atoms with Crippen LogP contribution < -0.4 is 10.6 Å². The molecule has 1 aromatic rings. The summed E-state index contributed by atoms with van der Waals surface area (Å²) in [7, 11) is 0. The molecule has 0 aromatic carbocycles. The van der Waals surface area contributed by atoms with E-state index in [9.17, 15) is 9.59 Å². The van der Waals surface area contributed by atoms with Crippen molar-refractivity contribution in [1.82, 2.24) is 10.3 Å². The summed E-state index contributed by atoms with van der Waals surface area (Å²) in [5.41, 5.74) is 0. The second kappa shape index (κ2) is 5.43. The van der Waals surface area contributed by atoms with Gasteiger partial charge in [0.1, 0.15) is 5.38 Å². The van der Waals surface area contributed by atoms with Gasteiger partial charge in [-0.1, -0.05) is 11.3 Å². The zero-order valence-corrected chi connectivity index (χ0v) is 10.7. The van der Waals surface area contributed by atoms with Crippen molar-refractivity contribution in [3.05, 3.63) is 9.98 Å². The molecule has 1 aromatic heterocycles. The van der Waals surface area contributed by atoms with Gasteiger partial charge in [-0.05, 0) is 22.9 Å². The molecule has 0 aliphatic rings. The number of aromatic nitrogens is 1. The molecule has 0 saturated carbocycles. The number of imide groups is 1. The summed E-state index contributed by atoms with van der Waals surface area (Å²) in [5.74, 6) is -0.551. The number of nitrogens with zero attached hydrogens (tertiary/aromatic N) is 1. The number of halogens is 2. The first-order valence-electron chi connectivity index (χ1n) is 3.86. The Morgan fingerprint density at radius 3 is 2.80 bits per heavy atom. The fourth-order valence-electron chi connectivity index (χ4n) is 0.652. The summed E-state index contributed by atoms with van der Waals surface area (Å²) in [6.07, 6.45) is 1.55. The summed E-state index contributed by atoms with van der Waals surface area (Å²) in [5, 5.41) is 4.11. The quantitative estimate of drug-likeness (QED) is 0.822. The third kappa shape index (κ3) is 4.15. The highest BCUT2D eigenvalue weighted by atomic mass is 79.9. The minimum Gasteiger partial charge on any atom is -0.283 e. The highest BCUT2D eigenvalue weighted by Crippen LogP contribution is 2.22. The molecular formula is C7H7BrClN3O2S. The Morgan fingerprint density at radius 2 is 2.33 bits per heavy atom. The smallest absolute Gasteiger partial charge is 0.283 e. The van der Waals surface area contributed by atoms with Gasteiger partial charge in [-0.3, -0.25) is 15.4 Å². The van der Waals surface area contributed by atoms with Gasteiger partial charge in [-0.15, -0.1) is 11.6 Å². The topological polar surface area (TPSA) is 71.1 Å². The van der Waals surface area contributed by atoms with E-state index < -0.39 is 17.3 Å².